The molecule has 3 heterocycles. The summed E-state index contributed by atoms with van der Waals surface area (Å²) in [6.07, 6.45) is 3.07. The van der Waals surface area contributed by atoms with Crippen LogP contribution in [0.4, 0.5) is 5.69 Å². The second kappa shape index (κ2) is 8.05. The number of hydrogen-bond donors (Lipinski definition) is 1. The quantitative estimate of drug-likeness (QED) is 0.368. The number of nitrogens with two attached hydrogens (primary N) is 1. The highest BCUT2D eigenvalue weighted by Gasteiger charge is 2.29. The molecule has 6 nitrogen and oxygen atoms in total. The molecule has 2 aliphatic rings. The predicted molar refractivity (Wildman–Crippen MR) is 122 cm³/mol. The molecule has 0 spiro atoms. The molecule has 0 saturated carbocycles. The van der Waals surface area contributed by atoms with Crippen molar-refractivity contribution in [1.29, 1.82) is 0 Å². The number of ether oxygens (including phenoxy) is 4. The van der Waals surface area contributed by atoms with Crippen molar-refractivity contribution in [1.82, 2.24) is 0 Å². The van der Waals surface area contributed by atoms with Crippen molar-refractivity contribution in [2.24, 2.45) is 0 Å². The number of nitrogens with zero attached hydrogens (tertiary/aromatic N) is 1. The maximum Gasteiger partial charge on any atom is 0.231 e. The first-order valence-electron chi connectivity index (χ1n) is 10.6. The van der Waals surface area contributed by atoms with Crippen molar-refractivity contribution in [3.63, 3.8) is 0 Å². The number of aromatic nitrogens is 1. The average Bonchev–Trinajstić information content (AvgIpc) is 3.28. The summed E-state index contributed by atoms with van der Waals surface area (Å²) in [7, 11) is 3.33. The highest BCUT2D eigenvalue weighted by Crippen LogP contribution is 2.45. The monoisotopic (exact) mass is 462 g/mol. The van der Waals surface area contributed by atoms with E-state index in [1.54, 1.807) is 14.2 Å². The molecule has 0 amide bonds. The number of fused-ring (bicyclic) bond motifs is 5. The molecule has 0 atom stereocenters. The Kier molecular flexibility index (Phi) is 5.17. The minimum atomic E-state index is 0. The highest BCUT2D eigenvalue weighted by atomic mass is 35.5. The lowest BCUT2D eigenvalue weighted by atomic mass is 9.92. The van der Waals surface area contributed by atoms with Gasteiger partial charge in [0.05, 0.1) is 25.2 Å². The number of hydrogen-bond acceptors (Lipinski definition) is 5. The number of nitrogen functional groups attached to an aromatic ring is 1. The minimum Gasteiger partial charge on any atom is -1.00 e. The molecule has 4 aromatic rings. The molecule has 2 N–H and O–H groups in total. The number of methoxy groups -OCH3 is 2. The standard InChI is InChI=1S/C26H23N2O4.ClH/c1-29-25-12-19(16-5-3-4-6-21(16)27)18-10-22-17-11-24-23(31-14-32-24)9-15(17)7-8-28(22)13-20(18)26(25)30-2;/h3-6,9-13H,7-8,14,27H2,1-2H3;1H/q+1;/p-1. The zero-order valence-electron chi connectivity index (χ0n) is 18.4. The van der Waals surface area contributed by atoms with Gasteiger partial charge in [-0.1, -0.05) is 18.2 Å². The van der Waals surface area contributed by atoms with E-state index >= 15 is 0 Å². The summed E-state index contributed by atoms with van der Waals surface area (Å²) in [4.78, 5) is 0. The molecule has 6 rings (SSSR count). The van der Waals surface area contributed by atoms with Crippen molar-refractivity contribution in [3.05, 3.63) is 60.3 Å². The third-order valence-electron chi connectivity index (χ3n) is 6.37. The summed E-state index contributed by atoms with van der Waals surface area (Å²) in [5, 5.41) is 2.04. The second-order valence-corrected chi connectivity index (χ2v) is 8.04. The maximum absolute atomic E-state index is 6.37. The fourth-order valence-electron chi connectivity index (χ4n) is 4.82. The van der Waals surface area contributed by atoms with Crippen LogP contribution < -0.4 is 41.7 Å². The first kappa shape index (κ1) is 21.2. The molecule has 0 aliphatic carbocycles. The van der Waals surface area contributed by atoms with Crippen molar-refractivity contribution in [2.75, 3.05) is 26.7 Å². The molecule has 0 saturated heterocycles. The topological polar surface area (TPSA) is 66.8 Å². The summed E-state index contributed by atoms with van der Waals surface area (Å²) in [6, 6.07) is 16.3. The summed E-state index contributed by atoms with van der Waals surface area (Å²) in [5.74, 6) is 3.00. The molecular formula is C26H23ClN2O4. The van der Waals surface area contributed by atoms with Gasteiger partial charge in [0.2, 0.25) is 12.5 Å². The molecule has 2 aliphatic heterocycles. The summed E-state index contributed by atoms with van der Waals surface area (Å²) >= 11 is 0. The Hall–Kier alpha value is -3.64. The third kappa shape index (κ3) is 3.21. The number of benzene rings is 3. The van der Waals surface area contributed by atoms with E-state index in [1.165, 1.54) is 5.56 Å². The Morgan fingerprint density at radius 1 is 0.879 bits per heavy atom. The summed E-state index contributed by atoms with van der Waals surface area (Å²) < 4.78 is 25.0. The van der Waals surface area contributed by atoms with Crippen molar-refractivity contribution in [2.45, 2.75) is 13.0 Å². The second-order valence-electron chi connectivity index (χ2n) is 8.04. The van der Waals surface area contributed by atoms with Gasteiger partial charge in [0, 0.05) is 29.1 Å². The smallest absolute Gasteiger partial charge is 0.231 e. The van der Waals surface area contributed by atoms with Gasteiger partial charge in [-0.25, -0.2) is 0 Å². The molecule has 168 valence electrons. The van der Waals surface area contributed by atoms with Gasteiger partial charge in [-0.2, -0.15) is 4.57 Å². The molecule has 0 fully saturated rings. The summed E-state index contributed by atoms with van der Waals surface area (Å²) in [6.45, 7) is 1.13. The Bertz CT molecular complexity index is 1400. The molecule has 0 unspecified atom stereocenters. The number of halogens is 1. The van der Waals surface area contributed by atoms with Crippen LogP contribution in [0.1, 0.15) is 5.56 Å². The van der Waals surface area contributed by atoms with Crippen LogP contribution >= 0.6 is 0 Å². The van der Waals surface area contributed by atoms with Crippen LogP contribution in [0.5, 0.6) is 23.0 Å². The van der Waals surface area contributed by atoms with Crippen molar-refractivity contribution in [3.8, 4) is 45.4 Å². The fourth-order valence-corrected chi connectivity index (χ4v) is 4.82. The van der Waals surface area contributed by atoms with Crippen LogP contribution in [-0.2, 0) is 13.0 Å². The van der Waals surface area contributed by atoms with Gasteiger partial charge in [0.1, 0.15) is 0 Å². The number of rotatable bonds is 3. The van der Waals surface area contributed by atoms with E-state index in [0.717, 1.165) is 63.3 Å². The molecule has 0 radical (unpaired) electrons. The molecule has 1 aromatic heterocycles. The Morgan fingerprint density at radius 2 is 1.67 bits per heavy atom. The van der Waals surface area contributed by atoms with Crippen LogP contribution in [0.3, 0.4) is 0 Å². The van der Waals surface area contributed by atoms with Crippen LogP contribution in [-0.4, -0.2) is 21.0 Å². The van der Waals surface area contributed by atoms with Gasteiger partial charge in [-0.3, -0.25) is 0 Å². The van der Waals surface area contributed by atoms with Crippen molar-refractivity contribution >= 4 is 16.5 Å². The number of para-hydroxylation sites is 1. The molecule has 0 bridgehead atoms. The Balaban J connectivity index is 0.00000228. The van der Waals surface area contributed by atoms with Gasteiger partial charge < -0.3 is 37.1 Å². The average molecular weight is 463 g/mol. The first-order chi connectivity index (χ1) is 15.7. The van der Waals surface area contributed by atoms with Gasteiger partial charge in [-0.15, -0.1) is 0 Å². The van der Waals surface area contributed by atoms with E-state index in [1.807, 2.05) is 30.3 Å². The van der Waals surface area contributed by atoms with E-state index < -0.39 is 0 Å². The third-order valence-corrected chi connectivity index (χ3v) is 6.37. The molecule has 3 aromatic carbocycles. The Morgan fingerprint density at radius 3 is 2.42 bits per heavy atom. The van der Waals surface area contributed by atoms with Crippen molar-refractivity contribution < 1.29 is 35.9 Å². The zero-order chi connectivity index (χ0) is 21.8. The van der Waals surface area contributed by atoms with Crippen LogP contribution in [0, 0.1) is 0 Å². The van der Waals surface area contributed by atoms with E-state index in [2.05, 4.69) is 29.0 Å². The number of pyridine rings is 1. The maximum atomic E-state index is 6.37. The SMILES string of the molecule is COc1cc(-c2ccccc2N)c2cc3[n+](cc2c1OC)CCc1cc2c(cc1-3)OCO2.[Cl-]. The van der Waals surface area contributed by atoms with Gasteiger partial charge in [0.25, 0.3) is 0 Å². The van der Waals surface area contributed by atoms with Crippen LogP contribution in [0.15, 0.2) is 54.7 Å². The molecule has 33 heavy (non-hydrogen) atoms. The van der Waals surface area contributed by atoms with Gasteiger partial charge >= 0.3 is 0 Å². The normalized spacial score (nSPS) is 13.2. The lowest BCUT2D eigenvalue weighted by Gasteiger charge is -2.19. The van der Waals surface area contributed by atoms with Gasteiger partial charge in [0.15, 0.2) is 35.7 Å². The molecular weight excluding hydrogens is 440 g/mol. The fraction of sp³-hybridized carbons (Fsp3) is 0.192. The summed E-state index contributed by atoms with van der Waals surface area (Å²) in [5.41, 5.74) is 12.6. The number of aryl methyl sites for hydroxylation is 2. The number of anilines is 1. The largest absolute Gasteiger partial charge is 1.00 e. The van der Waals surface area contributed by atoms with Crippen LogP contribution in [0.2, 0.25) is 0 Å². The lowest BCUT2D eigenvalue weighted by molar-refractivity contribution is -0.686. The Labute approximate surface area is 197 Å². The zero-order valence-corrected chi connectivity index (χ0v) is 19.1. The predicted octanol–water partition coefficient (Wildman–Crippen LogP) is 1.35. The van der Waals surface area contributed by atoms with Crippen LogP contribution in [0.25, 0.3) is 33.2 Å². The minimum absolute atomic E-state index is 0. The molecule has 7 heteroatoms. The van der Waals surface area contributed by atoms with E-state index in [9.17, 15) is 0 Å². The van der Waals surface area contributed by atoms with E-state index in [0.29, 0.717) is 11.5 Å². The lowest BCUT2D eigenvalue weighted by Crippen LogP contribution is -3.00. The van der Waals surface area contributed by atoms with E-state index in [-0.39, 0.29) is 19.2 Å². The van der Waals surface area contributed by atoms with E-state index in [4.69, 9.17) is 24.7 Å². The first-order valence-corrected chi connectivity index (χ1v) is 10.6. The van der Waals surface area contributed by atoms with Gasteiger partial charge in [-0.05, 0) is 35.4 Å². The highest BCUT2D eigenvalue weighted by molar-refractivity contribution is 6.04.